The van der Waals surface area contributed by atoms with E-state index in [0.717, 1.165) is 0 Å². The Morgan fingerprint density at radius 2 is 2.17 bits per heavy atom. The summed E-state index contributed by atoms with van der Waals surface area (Å²) in [6.07, 6.45) is 1.54. The first-order valence-electron chi connectivity index (χ1n) is 3.43. The van der Waals surface area contributed by atoms with Gasteiger partial charge in [-0.2, -0.15) is 5.26 Å². The third-order valence-electron chi connectivity index (χ3n) is 1.52. The Balaban J connectivity index is 3.32. The molecule has 0 fully saturated rings. The van der Waals surface area contributed by atoms with Gasteiger partial charge in [-0.3, -0.25) is 0 Å². The molecule has 1 rings (SSSR count). The summed E-state index contributed by atoms with van der Waals surface area (Å²) in [6, 6.07) is 1.46. The number of pyridine rings is 1. The SMILES string of the molecule is CCc1cnc(C#N)c(F)c1F. The standard InChI is InChI=1S/C8H6F2N2/c1-2-5-4-12-6(3-11)8(10)7(5)9/h4H,2H2,1H3. The lowest BCUT2D eigenvalue weighted by molar-refractivity contribution is 0.492. The van der Waals surface area contributed by atoms with Gasteiger partial charge in [0.15, 0.2) is 17.3 Å². The Bertz CT molecular complexity index is 342. The average Bonchev–Trinajstić information content (AvgIpc) is 2.10. The Labute approximate surface area is 68.5 Å². The van der Waals surface area contributed by atoms with E-state index in [-0.39, 0.29) is 5.56 Å². The third-order valence-corrected chi connectivity index (χ3v) is 1.52. The lowest BCUT2D eigenvalue weighted by Crippen LogP contribution is -1.99. The van der Waals surface area contributed by atoms with Crippen molar-refractivity contribution in [3.05, 3.63) is 29.1 Å². The van der Waals surface area contributed by atoms with Crippen molar-refractivity contribution in [3.8, 4) is 6.07 Å². The number of rotatable bonds is 1. The van der Waals surface area contributed by atoms with Gasteiger partial charge < -0.3 is 0 Å². The molecule has 0 unspecified atom stereocenters. The smallest absolute Gasteiger partial charge is 0.195 e. The monoisotopic (exact) mass is 168 g/mol. The first-order valence-corrected chi connectivity index (χ1v) is 3.43. The van der Waals surface area contributed by atoms with Crippen LogP contribution in [0.5, 0.6) is 0 Å². The number of nitriles is 1. The zero-order valence-corrected chi connectivity index (χ0v) is 6.43. The van der Waals surface area contributed by atoms with Crippen LogP contribution in [0.25, 0.3) is 0 Å². The van der Waals surface area contributed by atoms with Crippen LogP contribution in [-0.2, 0) is 6.42 Å². The van der Waals surface area contributed by atoms with Crippen LogP contribution >= 0.6 is 0 Å². The molecule has 4 heteroatoms. The van der Waals surface area contributed by atoms with Crippen LogP contribution in [0.1, 0.15) is 18.2 Å². The predicted molar refractivity (Wildman–Crippen MR) is 38.2 cm³/mol. The average molecular weight is 168 g/mol. The molecular formula is C8H6F2N2. The van der Waals surface area contributed by atoms with Crippen LogP contribution in [0.15, 0.2) is 6.20 Å². The topological polar surface area (TPSA) is 36.7 Å². The summed E-state index contributed by atoms with van der Waals surface area (Å²) >= 11 is 0. The van der Waals surface area contributed by atoms with Crippen LogP contribution < -0.4 is 0 Å². The van der Waals surface area contributed by atoms with E-state index in [1.54, 1.807) is 6.92 Å². The minimum atomic E-state index is -1.16. The molecular weight excluding hydrogens is 162 g/mol. The Morgan fingerprint density at radius 3 is 2.67 bits per heavy atom. The number of aryl methyl sites for hydroxylation is 1. The van der Waals surface area contributed by atoms with Crippen LogP contribution in [0, 0.1) is 23.0 Å². The summed E-state index contributed by atoms with van der Waals surface area (Å²) in [4.78, 5) is 3.45. The van der Waals surface area contributed by atoms with E-state index in [1.807, 2.05) is 0 Å². The summed E-state index contributed by atoms with van der Waals surface area (Å²) in [6.45, 7) is 1.69. The van der Waals surface area contributed by atoms with E-state index in [2.05, 4.69) is 4.98 Å². The molecule has 0 amide bonds. The molecule has 0 radical (unpaired) electrons. The van der Waals surface area contributed by atoms with Crippen molar-refractivity contribution in [3.63, 3.8) is 0 Å². The number of halogens is 2. The predicted octanol–water partition coefficient (Wildman–Crippen LogP) is 1.79. The van der Waals surface area contributed by atoms with E-state index in [4.69, 9.17) is 5.26 Å². The fraction of sp³-hybridized carbons (Fsp3) is 0.250. The fourth-order valence-corrected chi connectivity index (χ4v) is 0.825. The molecule has 0 aliphatic carbocycles. The van der Waals surface area contributed by atoms with E-state index in [0.29, 0.717) is 6.42 Å². The van der Waals surface area contributed by atoms with Crippen molar-refractivity contribution in [1.29, 1.82) is 5.26 Å². The number of aromatic nitrogens is 1. The van der Waals surface area contributed by atoms with Gasteiger partial charge in [-0.15, -0.1) is 0 Å². The maximum atomic E-state index is 12.9. The summed E-state index contributed by atoms with van der Waals surface area (Å²) in [7, 11) is 0. The number of nitrogens with zero attached hydrogens (tertiary/aromatic N) is 2. The molecule has 1 aromatic rings. The zero-order valence-electron chi connectivity index (χ0n) is 6.43. The molecule has 0 spiro atoms. The Morgan fingerprint density at radius 1 is 1.50 bits per heavy atom. The molecule has 12 heavy (non-hydrogen) atoms. The van der Waals surface area contributed by atoms with E-state index < -0.39 is 17.3 Å². The highest BCUT2D eigenvalue weighted by atomic mass is 19.2. The largest absolute Gasteiger partial charge is 0.242 e. The molecule has 0 atom stereocenters. The van der Waals surface area contributed by atoms with Gasteiger partial charge in [0.1, 0.15) is 6.07 Å². The molecule has 0 saturated heterocycles. The molecule has 0 aromatic carbocycles. The van der Waals surface area contributed by atoms with Crippen LogP contribution in [0.3, 0.4) is 0 Å². The molecule has 62 valence electrons. The zero-order chi connectivity index (χ0) is 9.14. The molecule has 1 aromatic heterocycles. The maximum absolute atomic E-state index is 12.9. The maximum Gasteiger partial charge on any atom is 0.195 e. The van der Waals surface area contributed by atoms with Gasteiger partial charge in [-0.25, -0.2) is 13.8 Å². The van der Waals surface area contributed by atoms with Gasteiger partial charge >= 0.3 is 0 Å². The minimum absolute atomic E-state index is 0.187. The highest BCUT2D eigenvalue weighted by Gasteiger charge is 2.12. The third kappa shape index (κ3) is 1.26. The van der Waals surface area contributed by atoms with Crippen LogP contribution in [0.2, 0.25) is 0 Å². The van der Waals surface area contributed by atoms with Crippen molar-refractivity contribution >= 4 is 0 Å². The van der Waals surface area contributed by atoms with Gasteiger partial charge in [0.2, 0.25) is 0 Å². The van der Waals surface area contributed by atoms with Gasteiger partial charge in [0.25, 0.3) is 0 Å². The van der Waals surface area contributed by atoms with Crippen molar-refractivity contribution in [2.75, 3.05) is 0 Å². The highest BCUT2D eigenvalue weighted by Crippen LogP contribution is 2.13. The van der Waals surface area contributed by atoms with Crippen LogP contribution in [-0.4, -0.2) is 4.98 Å². The molecule has 1 heterocycles. The second-order valence-corrected chi connectivity index (χ2v) is 2.23. The summed E-state index contributed by atoms with van der Waals surface area (Å²) < 4.78 is 25.7. The highest BCUT2D eigenvalue weighted by molar-refractivity contribution is 5.26. The molecule has 0 aliphatic rings. The van der Waals surface area contributed by atoms with Crippen molar-refractivity contribution in [2.45, 2.75) is 13.3 Å². The Kier molecular flexibility index (Phi) is 2.34. The normalized spacial score (nSPS) is 9.50. The quantitative estimate of drug-likeness (QED) is 0.641. The lowest BCUT2D eigenvalue weighted by atomic mass is 10.2. The molecule has 0 bridgehead atoms. The molecule has 0 N–H and O–H groups in total. The second-order valence-electron chi connectivity index (χ2n) is 2.23. The summed E-state index contributed by atoms with van der Waals surface area (Å²) in [5.41, 5.74) is -0.309. The van der Waals surface area contributed by atoms with Gasteiger partial charge in [0, 0.05) is 11.8 Å². The number of hydrogen-bond donors (Lipinski definition) is 0. The molecule has 2 nitrogen and oxygen atoms in total. The lowest BCUT2D eigenvalue weighted by Gasteiger charge is -1.99. The fourth-order valence-electron chi connectivity index (χ4n) is 0.825. The van der Waals surface area contributed by atoms with Crippen molar-refractivity contribution in [2.24, 2.45) is 0 Å². The molecule has 0 aliphatic heterocycles. The van der Waals surface area contributed by atoms with E-state index in [9.17, 15) is 8.78 Å². The van der Waals surface area contributed by atoms with E-state index >= 15 is 0 Å². The van der Waals surface area contributed by atoms with Gasteiger partial charge in [0.05, 0.1) is 0 Å². The first-order chi connectivity index (χ1) is 5.70. The summed E-state index contributed by atoms with van der Waals surface area (Å²) in [5.74, 6) is -2.12. The first kappa shape index (κ1) is 8.60. The van der Waals surface area contributed by atoms with E-state index in [1.165, 1.54) is 12.3 Å². The van der Waals surface area contributed by atoms with Gasteiger partial charge in [-0.05, 0) is 6.42 Å². The number of hydrogen-bond acceptors (Lipinski definition) is 2. The second kappa shape index (κ2) is 3.26. The summed E-state index contributed by atoms with van der Waals surface area (Å²) in [5, 5.41) is 8.29. The minimum Gasteiger partial charge on any atom is -0.242 e. The Hall–Kier alpha value is -1.50. The van der Waals surface area contributed by atoms with Crippen molar-refractivity contribution in [1.82, 2.24) is 4.98 Å². The van der Waals surface area contributed by atoms with Gasteiger partial charge in [-0.1, -0.05) is 6.92 Å². The molecule has 0 saturated carbocycles. The van der Waals surface area contributed by atoms with Crippen molar-refractivity contribution < 1.29 is 8.78 Å². The van der Waals surface area contributed by atoms with Crippen LogP contribution in [0.4, 0.5) is 8.78 Å².